The van der Waals surface area contributed by atoms with Gasteiger partial charge in [-0.1, -0.05) is 6.07 Å². The van der Waals surface area contributed by atoms with Crippen molar-refractivity contribution in [1.82, 2.24) is 15.0 Å². The molecule has 1 aliphatic carbocycles. The van der Waals surface area contributed by atoms with Gasteiger partial charge in [0.05, 0.1) is 30.3 Å². The lowest BCUT2D eigenvalue weighted by Gasteiger charge is -2.24. The zero-order valence-corrected chi connectivity index (χ0v) is 20.3. The Morgan fingerprint density at radius 2 is 1.97 bits per heavy atom. The molecular weight excluding hydrogens is 448 g/mol. The first kappa shape index (κ1) is 22.5. The summed E-state index contributed by atoms with van der Waals surface area (Å²) in [6, 6.07) is 11.6. The van der Waals surface area contributed by atoms with Crippen LogP contribution in [0.15, 0.2) is 47.7 Å². The summed E-state index contributed by atoms with van der Waals surface area (Å²) >= 11 is 1.37. The molecule has 1 amide bonds. The smallest absolute Gasteiger partial charge is 0.285 e. The van der Waals surface area contributed by atoms with E-state index in [-0.39, 0.29) is 12.0 Å². The molecule has 1 fully saturated rings. The SMILES string of the molecule is COc1ccc(C2=NN(C(=O)c3sc(-c4ccccn4)nc3C)CCC2)cc1OC1CCCC1. The van der Waals surface area contributed by atoms with Crippen molar-refractivity contribution in [1.29, 1.82) is 0 Å². The summed E-state index contributed by atoms with van der Waals surface area (Å²) in [6.45, 7) is 2.45. The number of amides is 1. The van der Waals surface area contributed by atoms with Crippen molar-refractivity contribution in [3.63, 3.8) is 0 Å². The highest BCUT2D eigenvalue weighted by Crippen LogP contribution is 2.34. The summed E-state index contributed by atoms with van der Waals surface area (Å²) in [4.78, 5) is 22.9. The molecule has 1 aliphatic heterocycles. The van der Waals surface area contributed by atoms with Gasteiger partial charge in [0.1, 0.15) is 9.88 Å². The Balaban J connectivity index is 1.39. The van der Waals surface area contributed by atoms with Crippen LogP contribution in [0.3, 0.4) is 0 Å². The van der Waals surface area contributed by atoms with Crippen molar-refractivity contribution in [3.05, 3.63) is 58.7 Å². The number of hydrazone groups is 1. The number of ether oxygens (including phenoxy) is 2. The molecule has 2 aromatic heterocycles. The van der Waals surface area contributed by atoms with Gasteiger partial charge >= 0.3 is 0 Å². The lowest BCUT2D eigenvalue weighted by atomic mass is 10.0. The number of carbonyl (C=O) groups is 1. The summed E-state index contributed by atoms with van der Waals surface area (Å²) in [6.07, 6.45) is 8.17. The molecule has 3 aromatic rings. The number of nitrogens with zero attached hydrogens (tertiary/aromatic N) is 4. The zero-order valence-electron chi connectivity index (χ0n) is 19.5. The Morgan fingerprint density at radius 3 is 2.74 bits per heavy atom. The Labute approximate surface area is 203 Å². The Bertz CT molecular complexity index is 1200. The van der Waals surface area contributed by atoms with Crippen LogP contribution in [-0.2, 0) is 0 Å². The van der Waals surface area contributed by atoms with Gasteiger partial charge in [0.15, 0.2) is 11.5 Å². The second kappa shape index (κ2) is 9.93. The van der Waals surface area contributed by atoms with Gasteiger partial charge in [0.2, 0.25) is 0 Å². The molecule has 0 N–H and O–H groups in total. The molecule has 1 aromatic carbocycles. The predicted octanol–water partition coefficient (Wildman–Crippen LogP) is 5.48. The van der Waals surface area contributed by atoms with E-state index in [4.69, 9.17) is 14.6 Å². The lowest BCUT2D eigenvalue weighted by Crippen LogP contribution is -2.32. The number of aryl methyl sites for hydroxylation is 1. The largest absolute Gasteiger partial charge is 0.493 e. The van der Waals surface area contributed by atoms with Crippen molar-refractivity contribution in [3.8, 4) is 22.2 Å². The normalized spacial score (nSPS) is 16.4. The highest BCUT2D eigenvalue weighted by molar-refractivity contribution is 7.17. The number of methoxy groups -OCH3 is 1. The van der Waals surface area contributed by atoms with Crippen LogP contribution in [0.25, 0.3) is 10.7 Å². The Hall–Kier alpha value is -3.26. The highest BCUT2D eigenvalue weighted by Gasteiger charge is 2.26. The minimum atomic E-state index is -0.120. The number of hydrogen-bond acceptors (Lipinski definition) is 7. The van der Waals surface area contributed by atoms with Crippen molar-refractivity contribution in [2.45, 2.75) is 51.6 Å². The van der Waals surface area contributed by atoms with E-state index >= 15 is 0 Å². The van der Waals surface area contributed by atoms with Crippen LogP contribution in [0.5, 0.6) is 11.5 Å². The van der Waals surface area contributed by atoms with Crippen LogP contribution in [-0.4, -0.2) is 46.4 Å². The first-order valence-electron chi connectivity index (χ1n) is 11.8. The van der Waals surface area contributed by atoms with Crippen molar-refractivity contribution in [2.24, 2.45) is 5.10 Å². The molecule has 2 aliphatic rings. The molecule has 8 heteroatoms. The Morgan fingerprint density at radius 1 is 1.12 bits per heavy atom. The van der Waals surface area contributed by atoms with Gasteiger partial charge in [-0.25, -0.2) is 9.99 Å². The van der Waals surface area contributed by atoms with Crippen LogP contribution >= 0.6 is 11.3 Å². The van der Waals surface area contributed by atoms with Gasteiger partial charge < -0.3 is 9.47 Å². The van der Waals surface area contributed by atoms with Crippen LogP contribution in [0, 0.1) is 6.92 Å². The number of thiazole rings is 1. The van der Waals surface area contributed by atoms with E-state index in [1.165, 1.54) is 24.2 Å². The number of pyridine rings is 1. The minimum Gasteiger partial charge on any atom is -0.493 e. The molecule has 0 spiro atoms. The van der Waals surface area contributed by atoms with E-state index in [0.717, 1.165) is 59.2 Å². The van der Waals surface area contributed by atoms with E-state index in [9.17, 15) is 4.79 Å². The van der Waals surface area contributed by atoms with E-state index in [0.29, 0.717) is 17.1 Å². The molecular formula is C26H28N4O3S. The van der Waals surface area contributed by atoms with Gasteiger partial charge in [-0.2, -0.15) is 5.10 Å². The maximum atomic E-state index is 13.4. The fraction of sp³-hybridized carbons (Fsp3) is 0.385. The Kier molecular flexibility index (Phi) is 6.58. The maximum absolute atomic E-state index is 13.4. The molecule has 34 heavy (non-hydrogen) atoms. The molecule has 176 valence electrons. The van der Waals surface area contributed by atoms with Crippen LogP contribution < -0.4 is 9.47 Å². The van der Waals surface area contributed by atoms with Crippen molar-refractivity contribution in [2.75, 3.05) is 13.7 Å². The first-order chi connectivity index (χ1) is 16.6. The van der Waals surface area contributed by atoms with E-state index in [1.807, 2.05) is 43.3 Å². The predicted molar refractivity (Wildman–Crippen MR) is 133 cm³/mol. The maximum Gasteiger partial charge on any atom is 0.285 e. The molecule has 0 bridgehead atoms. The number of aromatic nitrogens is 2. The third kappa shape index (κ3) is 4.68. The average Bonchev–Trinajstić information content (AvgIpc) is 3.54. The van der Waals surface area contributed by atoms with Gasteiger partial charge in [-0.05, 0) is 75.8 Å². The highest BCUT2D eigenvalue weighted by atomic mass is 32.1. The molecule has 1 saturated carbocycles. The topological polar surface area (TPSA) is 76.9 Å². The summed E-state index contributed by atoms with van der Waals surface area (Å²) in [7, 11) is 1.66. The van der Waals surface area contributed by atoms with Crippen molar-refractivity contribution < 1.29 is 14.3 Å². The second-order valence-corrected chi connectivity index (χ2v) is 9.62. The van der Waals surface area contributed by atoms with Crippen LogP contribution in [0.2, 0.25) is 0 Å². The molecule has 7 nitrogen and oxygen atoms in total. The number of hydrogen-bond donors (Lipinski definition) is 0. The molecule has 0 unspecified atom stereocenters. The summed E-state index contributed by atoms with van der Waals surface area (Å²) in [5, 5.41) is 7.06. The number of benzene rings is 1. The van der Waals surface area contributed by atoms with Crippen LogP contribution in [0.4, 0.5) is 0 Å². The van der Waals surface area contributed by atoms with Gasteiger partial charge in [0, 0.05) is 18.3 Å². The fourth-order valence-corrected chi connectivity index (χ4v) is 5.42. The molecule has 0 atom stereocenters. The van der Waals surface area contributed by atoms with E-state index < -0.39 is 0 Å². The van der Waals surface area contributed by atoms with Gasteiger partial charge in [-0.15, -0.1) is 11.3 Å². The lowest BCUT2D eigenvalue weighted by molar-refractivity contribution is 0.0755. The summed E-state index contributed by atoms with van der Waals surface area (Å²) in [5.74, 6) is 1.35. The fourth-order valence-electron chi connectivity index (χ4n) is 4.44. The molecule has 5 rings (SSSR count). The first-order valence-corrected chi connectivity index (χ1v) is 12.6. The van der Waals surface area contributed by atoms with Crippen LogP contribution in [0.1, 0.15) is 59.5 Å². The standard InChI is InChI=1S/C26H28N4O3S/c1-17-24(34-25(28-17)21-10-5-6-14-27-21)26(31)30-15-7-11-20(29-30)18-12-13-22(32-2)23(16-18)33-19-8-3-4-9-19/h5-6,10,12-14,16,19H,3-4,7-9,11,15H2,1-2H3. The number of rotatable bonds is 6. The van der Waals surface area contributed by atoms with E-state index in [1.54, 1.807) is 18.3 Å². The third-order valence-corrected chi connectivity index (χ3v) is 7.39. The number of carbonyl (C=O) groups excluding carboxylic acids is 1. The summed E-state index contributed by atoms with van der Waals surface area (Å²) in [5.41, 5.74) is 3.31. The average molecular weight is 477 g/mol. The van der Waals surface area contributed by atoms with Gasteiger partial charge in [-0.3, -0.25) is 9.78 Å². The second-order valence-electron chi connectivity index (χ2n) is 8.62. The zero-order chi connectivity index (χ0) is 23.5. The summed E-state index contributed by atoms with van der Waals surface area (Å²) < 4.78 is 11.8. The molecule has 0 radical (unpaired) electrons. The molecule has 0 saturated heterocycles. The van der Waals surface area contributed by atoms with E-state index in [2.05, 4.69) is 9.97 Å². The quantitative estimate of drug-likeness (QED) is 0.471. The minimum absolute atomic E-state index is 0.120. The molecule has 3 heterocycles. The van der Waals surface area contributed by atoms with Gasteiger partial charge in [0.25, 0.3) is 5.91 Å². The third-order valence-electron chi connectivity index (χ3n) is 6.23. The monoisotopic (exact) mass is 476 g/mol. The van der Waals surface area contributed by atoms with Crippen molar-refractivity contribution >= 4 is 23.0 Å².